The lowest BCUT2D eigenvalue weighted by Crippen LogP contribution is -2.22. The molecular weight excluding hydrogens is 388 g/mol. The van der Waals surface area contributed by atoms with Crippen LogP contribution in [0.1, 0.15) is 21.5 Å². The number of pyridine rings is 1. The van der Waals surface area contributed by atoms with Gasteiger partial charge in [0.2, 0.25) is 5.88 Å². The number of hydrogen-bond donors (Lipinski definition) is 0. The van der Waals surface area contributed by atoms with Gasteiger partial charge in [0, 0.05) is 11.1 Å². The minimum atomic E-state index is -1.26. The largest absolute Gasteiger partial charge is 0.545 e. The number of carbonyl (C=O) groups excluding carboxylic acids is 1. The maximum Gasteiger partial charge on any atom is 0.233 e. The highest BCUT2D eigenvalue weighted by Crippen LogP contribution is 2.35. The van der Waals surface area contributed by atoms with Crippen molar-refractivity contribution in [3.63, 3.8) is 0 Å². The lowest BCUT2D eigenvalue weighted by Gasteiger charge is -2.12. The smallest absolute Gasteiger partial charge is 0.233 e. The number of carbonyl (C=O) groups is 1. The molecule has 0 amide bonds. The van der Waals surface area contributed by atoms with Crippen LogP contribution >= 0.6 is 11.3 Å². The van der Waals surface area contributed by atoms with Crippen LogP contribution in [0.2, 0.25) is 0 Å². The highest BCUT2D eigenvalue weighted by atomic mass is 32.1. The van der Waals surface area contributed by atoms with Gasteiger partial charge in [0.25, 0.3) is 0 Å². The molecule has 29 heavy (non-hydrogen) atoms. The molecule has 7 heteroatoms. The lowest BCUT2D eigenvalue weighted by atomic mass is 10.0. The summed E-state index contributed by atoms with van der Waals surface area (Å²) in [5.74, 6) is -1.09. The summed E-state index contributed by atoms with van der Waals surface area (Å²) < 4.78 is 11.0. The van der Waals surface area contributed by atoms with Crippen LogP contribution in [0.4, 0.5) is 0 Å². The Kier molecular flexibility index (Phi) is 5.10. The van der Waals surface area contributed by atoms with E-state index in [0.717, 1.165) is 10.4 Å². The zero-order valence-electron chi connectivity index (χ0n) is 15.0. The average Bonchev–Trinajstić information content (AvgIpc) is 3.46. The van der Waals surface area contributed by atoms with Crippen molar-refractivity contribution in [2.45, 2.75) is 6.61 Å². The van der Waals surface area contributed by atoms with Crippen LogP contribution in [0, 0.1) is 11.3 Å². The van der Waals surface area contributed by atoms with Crippen LogP contribution < -0.4 is 9.84 Å². The number of thiophene rings is 1. The predicted octanol–water partition coefficient (Wildman–Crippen LogP) is 3.88. The van der Waals surface area contributed by atoms with Gasteiger partial charge in [-0.1, -0.05) is 24.3 Å². The first-order valence-corrected chi connectivity index (χ1v) is 9.48. The summed E-state index contributed by atoms with van der Waals surface area (Å²) in [6.07, 6.45) is 3.09. The Labute approximate surface area is 170 Å². The van der Waals surface area contributed by atoms with Crippen LogP contribution in [-0.4, -0.2) is 11.0 Å². The van der Waals surface area contributed by atoms with E-state index in [1.807, 2.05) is 23.6 Å². The van der Waals surface area contributed by atoms with Crippen molar-refractivity contribution < 1.29 is 19.1 Å². The van der Waals surface area contributed by atoms with Crippen LogP contribution in [0.15, 0.2) is 70.9 Å². The van der Waals surface area contributed by atoms with E-state index in [1.54, 1.807) is 24.5 Å². The predicted molar refractivity (Wildman–Crippen MR) is 105 cm³/mol. The Morgan fingerprint density at radius 1 is 1.24 bits per heavy atom. The number of carboxylic acid groups (broad SMARTS) is 1. The third-order valence-electron chi connectivity index (χ3n) is 4.24. The van der Waals surface area contributed by atoms with Gasteiger partial charge in [-0.3, -0.25) is 0 Å². The molecule has 0 unspecified atom stereocenters. The summed E-state index contributed by atoms with van der Waals surface area (Å²) in [6.45, 7) is 0.0571. The number of carboxylic acids is 1. The highest BCUT2D eigenvalue weighted by Gasteiger charge is 2.18. The van der Waals surface area contributed by atoms with Crippen molar-refractivity contribution >= 4 is 17.3 Å². The molecule has 1 aromatic carbocycles. The first-order valence-electron chi connectivity index (χ1n) is 8.60. The number of nitrogens with zero attached hydrogens (tertiary/aromatic N) is 2. The molecule has 0 aliphatic carbocycles. The molecule has 0 aliphatic rings. The third kappa shape index (κ3) is 3.88. The molecule has 6 nitrogen and oxygen atoms in total. The number of benzene rings is 1. The fourth-order valence-electron chi connectivity index (χ4n) is 2.87. The molecule has 0 bridgehead atoms. The Morgan fingerprint density at radius 3 is 2.83 bits per heavy atom. The second-order valence-electron chi connectivity index (χ2n) is 6.11. The normalized spacial score (nSPS) is 10.4. The van der Waals surface area contributed by atoms with Crippen molar-refractivity contribution in [2.75, 3.05) is 0 Å². The summed E-state index contributed by atoms with van der Waals surface area (Å²) in [4.78, 5) is 16.5. The van der Waals surface area contributed by atoms with Crippen LogP contribution in [-0.2, 0) is 6.61 Å². The summed E-state index contributed by atoms with van der Waals surface area (Å²) in [7, 11) is 0. The number of rotatable bonds is 6. The Bertz CT molecular complexity index is 1190. The molecule has 4 aromatic rings. The summed E-state index contributed by atoms with van der Waals surface area (Å²) in [5.41, 5.74) is 3.04. The number of furan rings is 1. The molecule has 3 aromatic heterocycles. The molecule has 0 radical (unpaired) electrons. The SMILES string of the molecule is N#Cc1c(-c2ccoc2)cc(-c2cccs2)nc1OCc1cccc(C(=O)[O-])c1. The first-order chi connectivity index (χ1) is 14.2. The molecule has 0 saturated heterocycles. The van der Waals surface area contributed by atoms with E-state index >= 15 is 0 Å². The lowest BCUT2D eigenvalue weighted by molar-refractivity contribution is -0.255. The van der Waals surface area contributed by atoms with Gasteiger partial charge in [0.15, 0.2) is 0 Å². The standard InChI is InChI=1S/C22H14N2O4S/c23-11-18-17(16-6-7-27-13-16)10-19(20-5-2-8-29-20)24-21(18)28-12-14-3-1-4-15(9-14)22(25)26/h1-10,13H,12H2,(H,25,26)/p-1. The Hall–Kier alpha value is -3.89. The monoisotopic (exact) mass is 401 g/mol. The fraction of sp³-hybridized carbons (Fsp3) is 0.0455. The number of aromatic carboxylic acids is 1. The van der Waals surface area contributed by atoms with Gasteiger partial charge in [-0.15, -0.1) is 11.3 Å². The molecule has 0 aliphatic heterocycles. The topological polar surface area (TPSA) is 99.2 Å². The van der Waals surface area contributed by atoms with Crippen molar-refractivity contribution in [1.29, 1.82) is 5.26 Å². The molecular formula is C22H13N2O4S-. The molecule has 0 atom stereocenters. The second kappa shape index (κ2) is 8.00. The van der Waals surface area contributed by atoms with E-state index in [4.69, 9.17) is 9.15 Å². The maximum atomic E-state index is 11.1. The van der Waals surface area contributed by atoms with Gasteiger partial charge in [0.1, 0.15) is 18.2 Å². The van der Waals surface area contributed by atoms with Crippen LogP contribution in [0.3, 0.4) is 0 Å². The van der Waals surface area contributed by atoms with Gasteiger partial charge in [-0.25, -0.2) is 4.98 Å². The third-order valence-corrected chi connectivity index (χ3v) is 5.13. The van der Waals surface area contributed by atoms with Crippen LogP contribution in [0.25, 0.3) is 21.7 Å². The summed E-state index contributed by atoms with van der Waals surface area (Å²) in [5, 5.41) is 22.8. The van der Waals surface area contributed by atoms with E-state index in [2.05, 4.69) is 11.1 Å². The number of nitriles is 1. The molecule has 0 spiro atoms. The van der Waals surface area contributed by atoms with E-state index in [0.29, 0.717) is 16.8 Å². The molecule has 3 heterocycles. The molecule has 0 saturated carbocycles. The van der Waals surface area contributed by atoms with E-state index < -0.39 is 5.97 Å². The minimum Gasteiger partial charge on any atom is -0.545 e. The first kappa shape index (κ1) is 18.5. The number of hydrogen-bond acceptors (Lipinski definition) is 7. The van der Waals surface area contributed by atoms with E-state index in [9.17, 15) is 15.2 Å². The zero-order chi connectivity index (χ0) is 20.2. The molecule has 0 N–H and O–H groups in total. The van der Waals surface area contributed by atoms with Crippen molar-refractivity contribution in [2.24, 2.45) is 0 Å². The quantitative estimate of drug-likeness (QED) is 0.486. The van der Waals surface area contributed by atoms with Crippen molar-refractivity contribution in [3.05, 3.63) is 83.1 Å². The molecule has 142 valence electrons. The average molecular weight is 401 g/mol. The van der Waals surface area contributed by atoms with Gasteiger partial charge >= 0.3 is 0 Å². The second-order valence-corrected chi connectivity index (χ2v) is 7.06. The number of aromatic nitrogens is 1. The van der Waals surface area contributed by atoms with E-state index in [-0.39, 0.29) is 23.6 Å². The van der Waals surface area contributed by atoms with E-state index in [1.165, 1.54) is 29.7 Å². The molecule has 0 fully saturated rings. The number of ether oxygens (including phenoxy) is 1. The maximum absolute atomic E-state index is 11.1. The van der Waals surface area contributed by atoms with Gasteiger partial charge in [0.05, 0.1) is 29.1 Å². The zero-order valence-corrected chi connectivity index (χ0v) is 15.8. The highest BCUT2D eigenvalue weighted by molar-refractivity contribution is 7.13. The minimum absolute atomic E-state index is 0.0571. The van der Waals surface area contributed by atoms with Gasteiger partial charge < -0.3 is 19.1 Å². The molecule has 4 rings (SSSR count). The summed E-state index contributed by atoms with van der Waals surface area (Å²) in [6, 6.07) is 15.9. The Morgan fingerprint density at radius 2 is 2.14 bits per heavy atom. The van der Waals surface area contributed by atoms with Gasteiger partial charge in [-0.2, -0.15) is 5.26 Å². The van der Waals surface area contributed by atoms with Crippen molar-refractivity contribution in [3.8, 4) is 33.6 Å². The van der Waals surface area contributed by atoms with Gasteiger partial charge in [-0.05, 0) is 40.8 Å². The summed E-state index contributed by atoms with van der Waals surface area (Å²) >= 11 is 1.53. The fourth-order valence-corrected chi connectivity index (χ4v) is 3.56. The Balaban J connectivity index is 1.74. The van der Waals surface area contributed by atoms with Crippen molar-refractivity contribution in [1.82, 2.24) is 4.98 Å². The van der Waals surface area contributed by atoms with Crippen LogP contribution in [0.5, 0.6) is 5.88 Å².